The molecular weight excluding hydrogens is 174 g/mol. The molecule has 1 heterocycles. The lowest BCUT2D eigenvalue weighted by atomic mass is 10.2. The Labute approximate surface area is 86.1 Å². The van der Waals surface area contributed by atoms with Crippen LogP contribution in [0.4, 0.5) is 0 Å². The summed E-state index contributed by atoms with van der Waals surface area (Å²) in [7, 11) is 3.93. The Bertz CT molecular complexity index is 382. The van der Waals surface area contributed by atoms with Gasteiger partial charge in [0.05, 0.1) is 0 Å². The molecule has 0 aliphatic rings. The topological polar surface area (TPSA) is 22.2 Å². The summed E-state index contributed by atoms with van der Waals surface area (Å²) in [6.45, 7) is 8.75. The van der Waals surface area contributed by atoms with Crippen molar-refractivity contribution >= 4 is 0 Å². The molecule has 1 aromatic rings. The van der Waals surface area contributed by atoms with Gasteiger partial charge in [0.15, 0.2) is 0 Å². The van der Waals surface area contributed by atoms with Gasteiger partial charge in [-0.05, 0) is 27.2 Å². The molecule has 1 rings (SSSR count). The van der Waals surface area contributed by atoms with Crippen molar-refractivity contribution in [1.29, 1.82) is 0 Å². The van der Waals surface area contributed by atoms with Crippen LogP contribution in [0.15, 0.2) is 4.99 Å². The van der Waals surface area contributed by atoms with E-state index in [1.54, 1.807) is 0 Å². The molecule has 0 spiro atoms. The van der Waals surface area contributed by atoms with Gasteiger partial charge < -0.3 is 9.13 Å². The second-order valence-corrected chi connectivity index (χ2v) is 3.88. The fourth-order valence-corrected chi connectivity index (χ4v) is 1.85. The average Bonchev–Trinajstić information content (AvgIpc) is 2.41. The van der Waals surface area contributed by atoms with Crippen molar-refractivity contribution < 1.29 is 0 Å². The van der Waals surface area contributed by atoms with Gasteiger partial charge in [-0.2, -0.15) is 0 Å². The van der Waals surface area contributed by atoms with Crippen LogP contribution < -0.4 is 5.62 Å². The highest BCUT2D eigenvalue weighted by Crippen LogP contribution is 2.13. The quantitative estimate of drug-likeness (QED) is 0.688. The van der Waals surface area contributed by atoms with E-state index >= 15 is 0 Å². The number of rotatable bonds is 2. The molecule has 0 aromatic carbocycles. The Hall–Kier alpha value is -0.990. The monoisotopic (exact) mass is 195 g/mol. The Morgan fingerprint density at radius 1 is 1.29 bits per heavy atom. The van der Waals surface area contributed by atoms with Crippen LogP contribution in [0.25, 0.3) is 0 Å². The maximum atomic E-state index is 4.35. The first-order chi connectivity index (χ1) is 6.54. The summed E-state index contributed by atoms with van der Waals surface area (Å²) in [6.07, 6.45) is 1.14. The van der Waals surface area contributed by atoms with Crippen LogP contribution in [0.3, 0.4) is 0 Å². The average molecular weight is 195 g/mol. The lowest BCUT2D eigenvalue weighted by Crippen LogP contribution is -2.27. The molecule has 0 radical (unpaired) electrons. The largest absolute Gasteiger partial charge is 0.318 e. The van der Waals surface area contributed by atoms with Crippen LogP contribution in [0, 0.1) is 13.8 Å². The molecule has 0 fully saturated rings. The molecule has 1 unspecified atom stereocenters. The molecule has 3 nitrogen and oxygen atoms in total. The fourth-order valence-electron chi connectivity index (χ4n) is 1.85. The molecule has 1 atom stereocenters. The molecule has 14 heavy (non-hydrogen) atoms. The molecule has 3 heteroatoms. The molecule has 0 N–H and O–H groups in total. The van der Waals surface area contributed by atoms with Gasteiger partial charge in [0.2, 0.25) is 5.62 Å². The minimum Gasteiger partial charge on any atom is -0.318 e. The van der Waals surface area contributed by atoms with Crippen LogP contribution in [0.2, 0.25) is 0 Å². The van der Waals surface area contributed by atoms with Crippen molar-refractivity contribution in [3.63, 3.8) is 0 Å². The van der Waals surface area contributed by atoms with Gasteiger partial charge in [-0.1, -0.05) is 6.92 Å². The van der Waals surface area contributed by atoms with E-state index in [4.69, 9.17) is 0 Å². The highest BCUT2D eigenvalue weighted by molar-refractivity contribution is 5.11. The van der Waals surface area contributed by atoms with E-state index in [-0.39, 0.29) is 0 Å². The summed E-state index contributed by atoms with van der Waals surface area (Å²) in [5.74, 6) is 0. The number of nitrogens with zero attached hydrogens (tertiary/aromatic N) is 3. The van der Waals surface area contributed by atoms with Crippen molar-refractivity contribution in [2.75, 3.05) is 7.05 Å². The first kappa shape index (κ1) is 11.1. The number of imidazole rings is 1. The normalized spacial score (nSPS) is 14.9. The first-order valence-corrected chi connectivity index (χ1v) is 5.21. The zero-order valence-electron chi connectivity index (χ0n) is 10.1. The first-order valence-electron chi connectivity index (χ1n) is 5.21. The van der Waals surface area contributed by atoms with E-state index in [9.17, 15) is 0 Å². The molecule has 0 amide bonds. The molecule has 0 aliphatic heterocycles. The number of aromatic nitrogens is 2. The highest BCUT2D eigenvalue weighted by atomic mass is 15.2. The van der Waals surface area contributed by atoms with Gasteiger partial charge in [0.25, 0.3) is 0 Å². The van der Waals surface area contributed by atoms with Gasteiger partial charge in [-0.25, -0.2) is 0 Å². The van der Waals surface area contributed by atoms with Gasteiger partial charge in [0, 0.05) is 31.5 Å². The van der Waals surface area contributed by atoms with Gasteiger partial charge in [0.1, 0.15) is 0 Å². The van der Waals surface area contributed by atoms with Crippen LogP contribution in [-0.4, -0.2) is 16.2 Å². The second kappa shape index (κ2) is 4.03. The van der Waals surface area contributed by atoms with E-state index in [1.165, 1.54) is 11.4 Å². The molecule has 0 aliphatic carbocycles. The Morgan fingerprint density at radius 3 is 2.29 bits per heavy atom. The number of hydrogen-bond donors (Lipinski definition) is 0. The van der Waals surface area contributed by atoms with Crippen LogP contribution in [0.5, 0.6) is 0 Å². The summed E-state index contributed by atoms with van der Waals surface area (Å²) in [5, 5.41) is 0. The third-order valence-electron chi connectivity index (χ3n) is 3.14. The maximum absolute atomic E-state index is 4.35. The Kier molecular flexibility index (Phi) is 3.19. The van der Waals surface area contributed by atoms with Gasteiger partial charge >= 0.3 is 0 Å². The zero-order chi connectivity index (χ0) is 10.9. The molecule has 0 bridgehead atoms. The lowest BCUT2D eigenvalue weighted by Gasteiger charge is -2.13. The molecule has 0 saturated carbocycles. The van der Waals surface area contributed by atoms with Crippen molar-refractivity contribution in [2.24, 2.45) is 12.0 Å². The van der Waals surface area contributed by atoms with E-state index in [0.29, 0.717) is 6.04 Å². The predicted octanol–water partition coefficient (Wildman–Crippen LogP) is 1.94. The van der Waals surface area contributed by atoms with Crippen molar-refractivity contribution in [1.82, 2.24) is 9.13 Å². The molecule has 1 aromatic heterocycles. The summed E-state index contributed by atoms with van der Waals surface area (Å²) < 4.78 is 4.47. The second-order valence-electron chi connectivity index (χ2n) is 3.88. The standard InChI is InChI=1S/C11H21N3/c1-7-8(2)14-10(4)9(3)13(6)11(14)12-5/h8H,7H2,1-6H3. The van der Waals surface area contributed by atoms with E-state index < -0.39 is 0 Å². The number of hydrogen-bond acceptors (Lipinski definition) is 1. The maximum Gasteiger partial charge on any atom is 0.205 e. The smallest absolute Gasteiger partial charge is 0.205 e. The highest BCUT2D eigenvalue weighted by Gasteiger charge is 2.12. The Balaban J connectivity index is 3.49. The fraction of sp³-hybridized carbons (Fsp3) is 0.727. The van der Waals surface area contributed by atoms with Crippen molar-refractivity contribution in [3.8, 4) is 0 Å². The summed E-state index contributed by atoms with van der Waals surface area (Å²) in [6, 6.07) is 0.522. The van der Waals surface area contributed by atoms with Crippen molar-refractivity contribution in [3.05, 3.63) is 17.0 Å². The summed E-state index contributed by atoms with van der Waals surface area (Å²) in [5.41, 5.74) is 3.68. The van der Waals surface area contributed by atoms with E-state index in [1.807, 2.05) is 7.05 Å². The molecular formula is C11H21N3. The molecule has 80 valence electrons. The SMILES string of the molecule is CCC(C)n1c(C)c(C)n(C)c1=NC. The minimum absolute atomic E-state index is 0.522. The van der Waals surface area contributed by atoms with Crippen LogP contribution in [0.1, 0.15) is 37.7 Å². The summed E-state index contributed by atoms with van der Waals surface area (Å²) >= 11 is 0. The van der Waals surface area contributed by atoms with E-state index in [0.717, 1.165) is 12.0 Å². The van der Waals surface area contributed by atoms with Crippen molar-refractivity contribution in [2.45, 2.75) is 40.2 Å². The molecule has 0 saturated heterocycles. The van der Waals surface area contributed by atoms with Crippen LogP contribution in [-0.2, 0) is 7.05 Å². The lowest BCUT2D eigenvalue weighted by molar-refractivity contribution is 0.490. The van der Waals surface area contributed by atoms with Crippen LogP contribution >= 0.6 is 0 Å². The zero-order valence-corrected chi connectivity index (χ0v) is 10.1. The third-order valence-corrected chi connectivity index (χ3v) is 3.14. The van der Waals surface area contributed by atoms with Gasteiger partial charge in [-0.3, -0.25) is 4.99 Å². The van der Waals surface area contributed by atoms with Gasteiger partial charge in [-0.15, -0.1) is 0 Å². The third kappa shape index (κ3) is 1.51. The predicted molar refractivity (Wildman–Crippen MR) is 59.4 cm³/mol. The Morgan fingerprint density at radius 2 is 1.86 bits per heavy atom. The summed E-state index contributed by atoms with van der Waals surface area (Å²) in [4.78, 5) is 4.35. The minimum atomic E-state index is 0.522. The van der Waals surface area contributed by atoms with E-state index in [2.05, 4.69) is 48.9 Å².